The summed E-state index contributed by atoms with van der Waals surface area (Å²) in [6.07, 6.45) is 1.76. The molecule has 1 fully saturated rings. The number of benzene rings is 2. The number of nitrogens with two attached hydrogens (primary N) is 1. The second-order valence-corrected chi connectivity index (χ2v) is 8.45. The van der Waals surface area contributed by atoms with Gasteiger partial charge in [-0.15, -0.1) is 0 Å². The molecule has 0 radical (unpaired) electrons. The largest absolute Gasteiger partial charge is 0.493 e. The highest BCUT2D eigenvalue weighted by Gasteiger charge is 2.39. The molecule has 2 aromatic carbocycles. The van der Waals surface area contributed by atoms with Gasteiger partial charge in [0.25, 0.3) is 5.91 Å². The van der Waals surface area contributed by atoms with Crippen LogP contribution in [0, 0.1) is 19.3 Å². The SMILES string of the molecule is Cc1ccc(C(=O)N2CCCC(COc3ccc(Cl)c(C)c3)(CC(N)=O)C2)cc1. The normalized spacial score (nSPS) is 19.1. The molecule has 0 spiro atoms. The topological polar surface area (TPSA) is 72.6 Å². The number of primary amides is 1. The Kier molecular flexibility index (Phi) is 6.48. The molecule has 0 bridgehead atoms. The Balaban J connectivity index is 1.77. The molecule has 29 heavy (non-hydrogen) atoms. The molecular weight excluding hydrogens is 388 g/mol. The van der Waals surface area contributed by atoms with Crippen molar-refractivity contribution in [1.29, 1.82) is 0 Å². The van der Waals surface area contributed by atoms with Crippen molar-refractivity contribution in [3.63, 3.8) is 0 Å². The first-order valence-corrected chi connectivity index (χ1v) is 10.2. The first kappa shape index (κ1) is 21.2. The molecule has 3 rings (SSSR count). The van der Waals surface area contributed by atoms with Crippen molar-refractivity contribution in [2.75, 3.05) is 19.7 Å². The summed E-state index contributed by atoms with van der Waals surface area (Å²) in [5, 5.41) is 0.678. The monoisotopic (exact) mass is 414 g/mol. The Morgan fingerprint density at radius 3 is 2.55 bits per heavy atom. The maximum absolute atomic E-state index is 13.0. The summed E-state index contributed by atoms with van der Waals surface area (Å²) in [4.78, 5) is 26.6. The van der Waals surface area contributed by atoms with E-state index in [-0.39, 0.29) is 18.2 Å². The van der Waals surface area contributed by atoms with Crippen LogP contribution in [0.4, 0.5) is 0 Å². The van der Waals surface area contributed by atoms with Crippen LogP contribution < -0.4 is 10.5 Å². The summed E-state index contributed by atoms with van der Waals surface area (Å²) < 4.78 is 6.03. The van der Waals surface area contributed by atoms with Gasteiger partial charge in [0.2, 0.25) is 5.91 Å². The number of nitrogens with zero attached hydrogens (tertiary/aromatic N) is 1. The lowest BCUT2D eigenvalue weighted by molar-refractivity contribution is -0.122. The number of amides is 2. The molecule has 1 heterocycles. The molecule has 0 saturated carbocycles. The molecule has 6 heteroatoms. The Bertz CT molecular complexity index is 897. The van der Waals surface area contributed by atoms with Crippen molar-refractivity contribution in [2.24, 2.45) is 11.1 Å². The van der Waals surface area contributed by atoms with Gasteiger partial charge < -0.3 is 15.4 Å². The van der Waals surface area contributed by atoms with Crippen LogP contribution in [-0.4, -0.2) is 36.4 Å². The van der Waals surface area contributed by atoms with E-state index in [1.807, 2.05) is 55.1 Å². The fourth-order valence-corrected chi connectivity index (χ4v) is 4.00. The van der Waals surface area contributed by atoms with Crippen LogP contribution in [0.5, 0.6) is 5.75 Å². The number of halogens is 1. The van der Waals surface area contributed by atoms with Gasteiger partial charge in [0.1, 0.15) is 5.75 Å². The number of carbonyl (C=O) groups is 2. The van der Waals surface area contributed by atoms with E-state index in [1.54, 1.807) is 6.07 Å². The second-order valence-electron chi connectivity index (χ2n) is 8.04. The third-order valence-corrected chi connectivity index (χ3v) is 5.89. The van der Waals surface area contributed by atoms with Crippen LogP contribution >= 0.6 is 11.6 Å². The Hall–Kier alpha value is -2.53. The van der Waals surface area contributed by atoms with E-state index >= 15 is 0 Å². The molecule has 0 aliphatic carbocycles. The predicted octanol–water partition coefficient (Wildman–Crippen LogP) is 4.13. The summed E-state index contributed by atoms with van der Waals surface area (Å²) in [5.74, 6) is 0.282. The average molecular weight is 415 g/mol. The minimum atomic E-state index is -0.502. The van der Waals surface area contributed by atoms with Crippen molar-refractivity contribution in [3.05, 3.63) is 64.2 Å². The highest BCUT2D eigenvalue weighted by molar-refractivity contribution is 6.31. The number of ether oxygens (including phenoxy) is 1. The van der Waals surface area contributed by atoms with Gasteiger partial charge in [0.05, 0.1) is 6.61 Å². The van der Waals surface area contributed by atoms with Gasteiger partial charge in [-0.2, -0.15) is 0 Å². The number of piperidine rings is 1. The Morgan fingerprint density at radius 2 is 1.90 bits per heavy atom. The van der Waals surface area contributed by atoms with E-state index in [0.717, 1.165) is 24.0 Å². The molecule has 1 saturated heterocycles. The van der Waals surface area contributed by atoms with E-state index < -0.39 is 5.41 Å². The fourth-order valence-electron chi connectivity index (χ4n) is 3.89. The number of likely N-dealkylation sites (tertiary alicyclic amines) is 1. The van der Waals surface area contributed by atoms with Gasteiger partial charge in [-0.3, -0.25) is 9.59 Å². The minimum Gasteiger partial charge on any atom is -0.493 e. The standard InChI is InChI=1S/C23H27ClN2O3/c1-16-4-6-18(7-5-16)22(28)26-11-3-10-23(14-26,13-21(25)27)15-29-19-8-9-20(24)17(2)12-19/h4-9,12H,3,10-11,13-15H2,1-2H3,(H2,25,27). The smallest absolute Gasteiger partial charge is 0.253 e. The van der Waals surface area contributed by atoms with E-state index in [0.29, 0.717) is 36.0 Å². The van der Waals surface area contributed by atoms with Crippen molar-refractivity contribution >= 4 is 23.4 Å². The molecule has 1 aliphatic heterocycles. The van der Waals surface area contributed by atoms with Crippen LogP contribution in [-0.2, 0) is 4.79 Å². The lowest BCUT2D eigenvalue weighted by Crippen LogP contribution is -2.50. The first-order valence-electron chi connectivity index (χ1n) is 9.81. The van der Waals surface area contributed by atoms with Crippen LogP contribution in [0.25, 0.3) is 0 Å². The van der Waals surface area contributed by atoms with E-state index in [9.17, 15) is 9.59 Å². The summed E-state index contributed by atoms with van der Waals surface area (Å²) in [6, 6.07) is 13.0. The summed E-state index contributed by atoms with van der Waals surface area (Å²) in [5.41, 5.74) is 7.74. The quantitative estimate of drug-likeness (QED) is 0.772. The van der Waals surface area contributed by atoms with Crippen molar-refractivity contribution < 1.29 is 14.3 Å². The van der Waals surface area contributed by atoms with Crippen LogP contribution in [0.3, 0.4) is 0 Å². The fraction of sp³-hybridized carbons (Fsp3) is 0.391. The zero-order valence-electron chi connectivity index (χ0n) is 16.9. The van der Waals surface area contributed by atoms with Gasteiger partial charge in [0, 0.05) is 35.5 Å². The summed E-state index contributed by atoms with van der Waals surface area (Å²) in [7, 11) is 0. The third-order valence-electron chi connectivity index (χ3n) is 5.47. The zero-order chi connectivity index (χ0) is 21.0. The van der Waals surface area contributed by atoms with Gasteiger partial charge in [-0.1, -0.05) is 29.3 Å². The van der Waals surface area contributed by atoms with Crippen LogP contribution in [0.15, 0.2) is 42.5 Å². The maximum atomic E-state index is 13.0. The molecule has 2 aromatic rings. The van der Waals surface area contributed by atoms with Crippen molar-refractivity contribution in [3.8, 4) is 5.75 Å². The van der Waals surface area contributed by atoms with Crippen molar-refractivity contribution in [1.82, 2.24) is 4.90 Å². The predicted molar refractivity (Wildman–Crippen MR) is 114 cm³/mol. The molecule has 5 nitrogen and oxygen atoms in total. The lowest BCUT2D eigenvalue weighted by Gasteiger charge is -2.42. The summed E-state index contributed by atoms with van der Waals surface area (Å²) >= 11 is 6.09. The Morgan fingerprint density at radius 1 is 1.17 bits per heavy atom. The third kappa shape index (κ3) is 5.30. The van der Waals surface area contributed by atoms with Gasteiger partial charge in [-0.25, -0.2) is 0 Å². The van der Waals surface area contributed by atoms with Crippen LogP contribution in [0.1, 0.15) is 40.7 Å². The number of aryl methyl sites for hydroxylation is 2. The number of hydrogen-bond donors (Lipinski definition) is 1. The molecule has 0 aromatic heterocycles. The molecule has 1 unspecified atom stereocenters. The molecule has 2 N–H and O–H groups in total. The highest BCUT2D eigenvalue weighted by atomic mass is 35.5. The summed E-state index contributed by atoms with van der Waals surface area (Å²) in [6.45, 7) is 5.32. The van der Waals surface area contributed by atoms with Gasteiger partial charge in [0.15, 0.2) is 0 Å². The van der Waals surface area contributed by atoms with Crippen molar-refractivity contribution in [2.45, 2.75) is 33.1 Å². The molecule has 2 amide bonds. The average Bonchev–Trinajstić information content (AvgIpc) is 2.69. The molecule has 154 valence electrons. The maximum Gasteiger partial charge on any atom is 0.253 e. The molecular formula is C23H27ClN2O3. The minimum absolute atomic E-state index is 0.0270. The highest BCUT2D eigenvalue weighted by Crippen LogP contribution is 2.35. The van der Waals surface area contributed by atoms with Gasteiger partial charge in [-0.05, 0) is 62.6 Å². The molecule has 1 aliphatic rings. The van der Waals surface area contributed by atoms with Gasteiger partial charge >= 0.3 is 0 Å². The Labute approximate surface area is 176 Å². The number of carbonyl (C=O) groups excluding carboxylic acids is 2. The van der Waals surface area contributed by atoms with E-state index in [1.165, 1.54) is 0 Å². The number of rotatable bonds is 6. The second kappa shape index (κ2) is 8.87. The zero-order valence-corrected chi connectivity index (χ0v) is 17.7. The lowest BCUT2D eigenvalue weighted by atomic mass is 9.77. The molecule has 1 atom stereocenters. The number of hydrogen-bond acceptors (Lipinski definition) is 3. The van der Waals surface area contributed by atoms with Crippen LogP contribution in [0.2, 0.25) is 5.02 Å². The van der Waals surface area contributed by atoms with E-state index in [2.05, 4.69) is 0 Å². The first-order chi connectivity index (χ1) is 13.8. The van der Waals surface area contributed by atoms with E-state index in [4.69, 9.17) is 22.1 Å².